The van der Waals surface area contributed by atoms with Gasteiger partial charge in [-0.05, 0) is 61.6 Å². The molecule has 3 aliphatic rings. The number of aryl methyl sites for hydroxylation is 1. The number of esters is 1. The number of nitrogens with one attached hydrogen (secondary N) is 5. The molecule has 2 aromatic carbocycles. The molecule has 0 radical (unpaired) electrons. The molecule has 1 aliphatic carbocycles. The van der Waals surface area contributed by atoms with Gasteiger partial charge in [0, 0.05) is 41.6 Å². The van der Waals surface area contributed by atoms with Gasteiger partial charge in [-0.2, -0.15) is 0 Å². The Bertz CT molecular complexity index is 2620. The molecule has 20 heteroatoms. The molecule has 2 aliphatic heterocycles. The summed E-state index contributed by atoms with van der Waals surface area (Å²) in [6, 6.07) is 10.7. The average molecular weight is 899 g/mol. The second kappa shape index (κ2) is 19.5. The first-order chi connectivity index (χ1) is 31.1. The van der Waals surface area contributed by atoms with Crippen LogP contribution in [-0.4, -0.2) is 115 Å². The highest BCUT2D eigenvalue weighted by molar-refractivity contribution is 5.94. The van der Waals surface area contributed by atoms with Gasteiger partial charge in [0.25, 0.3) is 5.56 Å². The highest BCUT2D eigenvalue weighted by Crippen LogP contribution is 2.47. The molecule has 3 atom stereocenters. The molecule has 0 saturated carbocycles. The van der Waals surface area contributed by atoms with Crippen LogP contribution in [0.4, 0.5) is 9.18 Å². The lowest BCUT2D eigenvalue weighted by molar-refractivity contribution is -0.172. The van der Waals surface area contributed by atoms with Crippen LogP contribution in [0.2, 0.25) is 0 Å². The van der Waals surface area contributed by atoms with E-state index in [1.165, 1.54) is 6.07 Å². The van der Waals surface area contributed by atoms with E-state index in [4.69, 9.17) is 14.5 Å². The number of hydrogen-bond donors (Lipinski definition) is 6. The lowest BCUT2D eigenvalue weighted by Crippen LogP contribution is -2.52. The van der Waals surface area contributed by atoms with E-state index in [0.29, 0.717) is 41.9 Å². The quantitative estimate of drug-likeness (QED) is 0.0431. The zero-order chi connectivity index (χ0) is 46.6. The number of fused-ring (bicyclic) bond motifs is 5. The molecule has 0 unspecified atom stereocenters. The molecule has 4 aromatic rings. The van der Waals surface area contributed by atoms with Crippen molar-refractivity contribution in [3.8, 4) is 11.4 Å². The van der Waals surface area contributed by atoms with Gasteiger partial charge in [0.15, 0.2) is 5.60 Å². The van der Waals surface area contributed by atoms with Gasteiger partial charge in [-0.3, -0.25) is 28.9 Å². The fourth-order valence-electron chi connectivity index (χ4n) is 8.66. The largest absolute Gasteiger partial charge is 0.458 e. The van der Waals surface area contributed by atoms with Crippen LogP contribution < -0.4 is 32.1 Å². The molecule has 65 heavy (non-hydrogen) atoms. The third-order valence-electron chi connectivity index (χ3n) is 12.2. The summed E-state index contributed by atoms with van der Waals surface area (Å²) in [6.07, 6.45) is 0.488. The normalized spacial score (nSPS) is 17.3. The van der Waals surface area contributed by atoms with Gasteiger partial charge >= 0.3 is 12.1 Å². The molecular weight excluding hydrogens is 848 g/mol. The lowest BCUT2D eigenvalue weighted by atomic mass is 9.81. The Morgan fingerprint density at radius 3 is 2.46 bits per heavy atom. The van der Waals surface area contributed by atoms with Crippen LogP contribution in [0.3, 0.4) is 0 Å². The van der Waals surface area contributed by atoms with Crippen LogP contribution in [0.25, 0.3) is 22.3 Å². The number of alkyl carbamates (subject to hydrolysis) is 1. The summed E-state index contributed by atoms with van der Waals surface area (Å²) in [5.74, 6) is -3.72. The predicted octanol–water partition coefficient (Wildman–Crippen LogP) is 0.852. The Kier molecular flexibility index (Phi) is 13.9. The van der Waals surface area contributed by atoms with E-state index in [-0.39, 0.29) is 62.3 Å². The maximum atomic E-state index is 15.4. The number of amides is 5. The maximum Gasteiger partial charge on any atom is 0.407 e. The average Bonchev–Trinajstić information content (AvgIpc) is 3.68. The van der Waals surface area contributed by atoms with E-state index < -0.39 is 72.5 Å². The Balaban J connectivity index is 0.967. The highest BCUT2D eigenvalue weighted by atomic mass is 19.1. The lowest BCUT2D eigenvalue weighted by Gasteiger charge is -2.35. The second-order valence-corrected chi connectivity index (χ2v) is 16.1. The smallest absolute Gasteiger partial charge is 0.407 e. The molecule has 4 heterocycles. The van der Waals surface area contributed by atoms with Gasteiger partial charge < -0.3 is 50.5 Å². The summed E-state index contributed by atoms with van der Waals surface area (Å²) in [5.41, 5.74) is 3.19. The Morgan fingerprint density at radius 2 is 1.72 bits per heavy atom. The monoisotopic (exact) mass is 898 g/mol. The second-order valence-electron chi connectivity index (χ2n) is 16.1. The Labute approximate surface area is 372 Å². The van der Waals surface area contributed by atoms with Crippen LogP contribution >= 0.6 is 0 Å². The van der Waals surface area contributed by atoms with E-state index in [1.807, 2.05) is 7.05 Å². The van der Waals surface area contributed by atoms with Crippen molar-refractivity contribution in [2.24, 2.45) is 0 Å². The number of aliphatic hydroxyl groups is 1. The van der Waals surface area contributed by atoms with Gasteiger partial charge in [0.05, 0.1) is 55.8 Å². The number of pyridine rings is 2. The van der Waals surface area contributed by atoms with Crippen LogP contribution in [-0.2, 0) is 69.8 Å². The molecular formula is C45H51FN8O11. The molecule has 19 nitrogen and oxygen atoms in total. The molecule has 0 fully saturated rings. The van der Waals surface area contributed by atoms with E-state index >= 15 is 4.39 Å². The van der Waals surface area contributed by atoms with Crippen molar-refractivity contribution in [2.45, 2.75) is 70.4 Å². The van der Waals surface area contributed by atoms with Crippen molar-refractivity contribution in [1.82, 2.24) is 41.0 Å². The summed E-state index contributed by atoms with van der Waals surface area (Å²) < 4.78 is 32.4. The Morgan fingerprint density at radius 1 is 1.00 bits per heavy atom. The summed E-state index contributed by atoms with van der Waals surface area (Å²) in [5, 5.41) is 24.5. The fraction of sp³-hybridized carbons (Fsp3) is 0.422. The number of rotatable bonds is 17. The number of ether oxygens (including phenoxy) is 3. The van der Waals surface area contributed by atoms with Crippen molar-refractivity contribution in [3.05, 3.63) is 97.6 Å². The minimum atomic E-state index is -2.00. The molecule has 0 saturated heterocycles. The van der Waals surface area contributed by atoms with E-state index in [0.717, 1.165) is 34.7 Å². The van der Waals surface area contributed by atoms with Crippen molar-refractivity contribution in [2.75, 3.05) is 53.7 Å². The van der Waals surface area contributed by atoms with Crippen LogP contribution in [0.5, 0.6) is 0 Å². The number of hydrogen-bond acceptors (Lipinski definition) is 13. The molecule has 0 spiro atoms. The van der Waals surface area contributed by atoms with Crippen LogP contribution in [0.15, 0.2) is 47.3 Å². The number of carbonyl (C=O) groups is 6. The van der Waals surface area contributed by atoms with Crippen molar-refractivity contribution < 1.29 is 52.5 Å². The van der Waals surface area contributed by atoms with E-state index in [1.54, 1.807) is 54.8 Å². The number of aromatic nitrogens is 2. The summed E-state index contributed by atoms with van der Waals surface area (Å²) in [7, 11) is 3.07. The minimum Gasteiger partial charge on any atom is -0.458 e. The summed E-state index contributed by atoms with van der Waals surface area (Å²) >= 11 is 0. The maximum absolute atomic E-state index is 15.4. The fourth-order valence-corrected chi connectivity index (χ4v) is 8.66. The molecule has 0 bridgehead atoms. The van der Waals surface area contributed by atoms with Crippen molar-refractivity contribution in [1.29, 1.82) is 0 Å². The zero-order valence-corrected chi connectivity index (χ0v) is 36.4. The topological polar surface area (TPSA) is 249 Å². The van der Waals surface area contributed by atoms with Crippen molar-refractivity contribution >= 4 is 46.6 Å². The number of methoxy groups -OCH3 is 1. The third-order valence-corrected chi connectivity index (χ3v) is 12.2. The SMILES string of the molecule is CC[C@@]1(O)C(=O)OCc2c1cc1n(c2=O)Cc2c-1nc1cc(F)c(C)c3c1c2[C@@H](N(C)CCOCNC(=O)CNC(=O)[C@H](Cc1ccccc1)NC(=O)CNC(=O)CNC(=O)OC)CC3. The number of halogens is 1. The highest BCUT2D eigenvalue weighted by Gasteiger charge is 2.46. The summed E-state index contributed by atoms with van der Waals surface area (Å²) in [6.45, 7) is 2.43. The molecule has 6 N–H and O–H groups in total. The van der Waals surface area contributed by atoms with Gasteiger partial charge in [-0.25, -0.2) is 19.0 Å². The Hall–Kier alpha value is -6.77. The number of cyclic esters (lactones) is 1. The first-order valence-corrected chi connectivity index (χ1v) is 21.2. The van der Waals surface area contributed by atoms with Gasteiger partial charge in [-0.15, -0.1) is 0 Å². The first kappa shape index (κ1) is 46.2. The van der Waals surface area contributed by atoms with E-state index in [2.05, 4.69) is 36.2 Å². The molecule has 5 amide bonds. The standard InChI is InChI=1S/C45H51FN8O11/c1-5-45(62)29-16-34-40-27(21-54(34)42(59)28(29)22-65-43(45)60)39-33(12-11-26-24(2)30(46)17-31(52-40)38(26)39)53(3)13-14-64-23-50-36(56)18-48-41(58)32(15-25-9-7-6-8-10-25)51-37(57)20-47-35(55)19-49-44(61)63-4/h6-10,16-17,32-33,62H,5,11-15,18-23H2,1-4H3,(H,47,55)(H,48,58)(H,49,61)(H,50,56)(H,51,57)/t32-,33-,45-/m0/s1. The van der Waals surface area contributed by atoms with E-state index in [9.17, 15) is 38.7 Å². The number of benzene rings is 2. The van der Waals surface area contributed by atoms with Gasteiger partial charge in [0.2, 0.25) is 23.6 Å². The van der Waals surface area contributed by atoms with Crippen LogP contribution in [0.1, 0.15) is 64.8 Å². The third kappa shape index (κ3) is 9.55. The molecule has 344 valence electrons. The number of likely N-dealkylation sites (N-methyl/N-ethyl adjacent to an activating group) is 1. The van der Waals surface area contributed by atoms with Crippen molar-refractivity contribution in [3.63, 3.8) is 0 Å². The van der Waals surface area contributed by atoms with Gasteiger partial charge in [0.1, 0.15) is 31.7 Å². The number of nitrogens with zero attached hydrogens (tertiary/aromatic N) is 3. The molecule has 7 rings (SSSR count). The minimum absolute atomic E-state index is 0.00283. The predicted molar refractivity (Wildman–Crippen MR) is 230 cm³/mol. The number of carbonyl (C=O) groups excluding carboxylic acids is 6. The van der Waals surface area contributed by atoms with Crippen LogP contribution in [0, 0.1) is 12.7 Å². The first-order valence-electron chi connectivity index (χ1n) is 21.2. The van der Waals surface area contributed by atoms with Gasteiger partial charge in [-0.1, -0.05) is 37.3 Å². The zero-order valence-electron chi connectivity index (χ0n) is 36.4. The summed E-state index contributed by atoms with van der Waals surface area (Å²) in [4.78, 5) is 95.6. The molecule has 2 aromatic heterocycles.